The Morgan fingerprint density at radius 3 is 2.92 bits per heavy atom. The summed E-state index contributed by atoms with van der Waals surface area (Å²) >= 11 is 5.99. The lowest BCUT2D eigenvalue weighted by Crippen LogP contribution is -1.94. The van der Waals surface area contributed by atoms with Crippen molar-refractivity contribution in [2.45, 2.75) is 13.3 Å². The van der Waals surface area contributed by atoms with Crippen LogP contribution < -0.4 is 5.73 Å². The number of hydrogen-bond donors (Lipinski definition) is 1. The largest absolute Gasteiger partial charge is 0.330 e. The van der Waals surface area contributed by atoms with Crippen LogP contribution in [0.5, 0.6) is 0 Å². The highest BCUT2D eigenvalue weighted by Gasteiger charge is 1.95. The van der Waals surface area contributed by atoms with Gasteiger partial charge in [-0.15, -0.1) is 0 Å². The first-order chi connectivity index (χ1) is 6.24. The minimum Gasteiger partial charge on any atom is -0.330 e. The van der Waals surface area contributed by atoms with E-state index in [2.05, 4.69) is 13.0 Å². The van der Waals surface area contributed by atoms with Gasteiger partial charge in [-0.2, -0.15) is 0 Å². The van der Waals surface area contributed by atoms with Crippen LogP contribution in [0.25, 0.3) is 6.08 Å². The van der Waals surface area contributed by atoms with E-state index in [-0.39, 0.29) is 0 Å². The Bertz CT molecular complexity index is 305. The highest BCUT2D eigenvalue weighted by atomic mass is 35.5. The average Bonchev–Trinajstić information content (AvgIpc) is 2.11. The fourth-order valence-corrected chi connectivity index (χ4v) is 1.28. The maximum absolute atomic E-state index is 5.99. The molecule has 13 heavy (non-hydrogen) atoms. The number of halogens is 1. The normalized spacial score (nSPS) is 11.0. The van der Waals surface area contributed by atoms with E-state index in [1.807, 2.05) is 24.3 Å². The molecular weight excluding hydrogens is 182 g/mol. The lowest BCUT2D eigenvalue weighted by molar-refractivity contribution is 1.01. The number of nitrogens with two attached hydrogens (primary N) is 1. The van der Waals surface area contributed by atoms with Gasteiger partial charge in [0.05, 0.1) is 0 Å². The molecule has 0 saturated heterocycles. The number of hydrogen-bond acceptors (Lipinski definition) is 1. The predicted molar refractivity (Wildman–Crippen MR) is 58.9 cm³/mol. The molecule has 0 aliphatic rings. The van der Waals surface area contributed by atoms with Crippen molar-refractivity contribution in [3.8, 4) is 0 Å². The van der Waals surface area contributed by atoms with Gasteiger partial charge in [0.15, 0.2) is 0 Å². The first-order valence-electron chi connectivity index (χ1n) is 4.37. The lowest BCUT2D eigenvalue weighted by Gasteiger charge is -1.99. The second-order valence-corrected chi connectivity index (χ2v) is 3.41. The molecule has 0 aromatic heterocycles. The van der Waals surface area contributed by atoms with Crippen LogP contribution in [0.2, 0.25) is 5.02 Å². The number of aryl methyl sites for hydroxylation is 1. The minimum absolute atomic E-state index is 0.680. The Hall–Kier alpha value is -0.790. The van der Waals surface area contributed by atoms with E-state index in [0.717, 1.165) is 17.0 Å². The molecule has 0 radical (unpaired) electrons. The Morgan fingerprint density at radius 2 is 2.23 bits per heavy atom. The van der Waals surface area contributed by atoms with Gasteiger partial charge in [0.25, 0.3) is 0 Å². The molecule has 0 unspecified atom stereocenters. The van der Waals surface area contributed by atoms with Gasteiger partial charge in [-0.25, -0.2) is 0 Å². The van der Waals surface area contributed by atoms with Crippen molar-refractivity contribution in [2.24, 2.45) is 5.73 Å². The summed E-state index contributed by atoms with van der Waals surface area (Å²) in [6.45, 7) is 2.73. The molecule has 0 aliphatic heterocycles. The molecule has 1 aromatic rings. The van der Waals surface area contributed by atoms with Crippen molar-refractivity contribution in [3.63, 3.8) is 0 Å². The van der Waals surface area contributed by atoms with Crippen LogP contribution in [-0.4, -0.2) is 6.54 Å². The topological polar surface area (TPSA) is 26.0 Å². The van der Waals surface area contributed by atoms with Crippen molar-refractivity contribution >= 4 is 17.7 Å². The Labute approximate surface area is 84.2 Å². The molecule has 0 bridgehead atoms. The van der Waals surface area contributed by atoms with Gasteiger partial charge in [0, 0.05) is 5.02 Å². The quantitative estimate of drug-likeness (QED) is 0.789. The van der Waals surface area contributed by atoms with Crippen LogP contribution in [0.4, 0.5) is 0 Å². The predicted octanol–water partition coefficient (Wildman–Crippen LogP) is 3.01. The van der Waals surface area contributed by atoms with Gasteiger partial charge in [0.1, 0.15) is 0 Å². The van der Waals surface area contributed by atoms with E-state index in [4.69, 9.17) is 17.3 Å². The summed E-state index contributed by atoms with van der Waals surface area (Å²) in [5, 5.41) is 0.791. The summed E-state index contributed by atoms with van der Waals surface area (Å²) in [5.74, 6) is 0. The molecule has 0 atom stereocenters. The Kier molecular flexibility index (Phi) is 4.00. The average molecular weight is 196 g/mol. The molecule has 2 N–H and O–H groups in total. The van der Waals surface area contributed by atoms with Crippen molar-refractivity contribution in [1.29, 1.82) is 0 Å². The van der Waals surface area contributed by atoms with Gasteiger partial charge in [-0.1, -0.05) is 41.4 Å². The fraction of sp³-hybridized carbons (Fsp3) is 0.273. The summed E-state index contributed by atoms with van der Waals surface area (Å²) in [4.78, 5) is 0. The molecule has 1 aromatic carbocycles. The van der Waals surface area contributed by atoms with Crippen molar-refractivity contribution in [2.75, 3.05) is 6.54 Å². The zero-order valence-electron chi connectivity index (χ0n) is 7.76. The van der Waals surface area contributed by atoms with Crippen LogP contribution in [0, 0.1) is 6.92 Å². The van der Waals surface area contributed by atoms with E-state index in [9.17, 15) is 0 Å². The third-order valence-corrected chi connectivity index (χ3v) is 2.13. The summed E-state index contributed by atoms with van der Waals surface area (Å²) in [6.07, 6.45) is 4.95. The highest BCUT2D eigenvalue weighted by Crippen LogP contribution is 2.18. The Morgan fingerprint density at radius 1 is 1.46 bits per heavy atom. The third-order valence-electron chi connectivity index (χ3n) is 1.78. The summed E-state index contributed by atoms with van der Waals surface area (Å²) in [7, 11) is 0. The molecular formula is C11H14ClN. The van der Waals surface area contributed by atoms with E-state index in [1.165, 1.54) is 5.56 Å². The molecule has 0 aliphatic carbocycles. The molecule has 0 amide bonds. The van der Waals surface area contributed by atoms with Crippen LogP contribution in [0.3, 0.4) is 0 Å². The lowest BCUT2D eigenvalue weighted by atomic mass is 10.1. The molecule has 0 spiro atoms. The molecule has 0 saturated carbocycles. The maximum Gasteiger partial charge on any atom is 0.0478 e. The smallest absolute Gasteiger partial charge is 0.0478 e. The third kappa shape index (κ3) is 3.21. The zero-order valence-corrected chi connectivity index (χ0v) is 8.51. The first kappa shape index (κ1) is 10.3. The highest BCUT2D eigenvalue weighted by molar-refractivity contribution is 6.32. The van der Waals surface area contributed by atoms with Crippen molar-refractivity contribution in [1.82, 2.24) is 0 Å². The van der Waals surface area contributed by atoms with Crippen LogP contribution in [0.15, 0.2) is 24.3 Å². The Balaban J connectivity index is 2.81. The monoisotopic (exact) mass is 195 g/mol. The van der Waals surface area contributed by atoms with Gasteiger partial charge in [-0.05, 0) is 31.5 Å². The maximum atomic E-state index is 5.99. The standard InChI is InChI=1S/C11H14ClN/c1-9-5-6-11(12)10(8-9)4-2-3-7-13/h2,4-6,8H,3,7,13H2,1H3. The second kappa shape index (κ2) is 5.05. The van der Waals surface area contributed by atoms with Gasteiger partial charge >= 0.3 is 0 Å². The molecule has 70 valence electrons. The van der Waals surface area contributed by atoms with E-state index < -0.39 is 0 Å². The van der Waals surface area contributed by atoms with Gasteiger partial charge in [-0.3, -0.25) is 0 Å². The van der Waals surface area contributed by atoms with Crippen LogP contribution in [0.1, 0.15) is 17.5 Å². The van der Waals surface area contributed by atoms with Crippen molar-refractivity contribution < 1.29 is 0 Å². The van der Waals surface area contributed by atoms with E-state index in [1.54, 1.807) is 0 Å². The number of rotatable bonds is 3. The second-order valence-electron chi connectivity index (χ2n) is 3.00. The van der Waals surface area contributed by atoms with E-state index in [0.29, 0.717) is 6.54 Å². The molecule has 2 heteroatoms. The summed E-state index contributed by atoms with van der Waals surface area (Å²) in [5.41, 5.74) is 7.66. The minimum atomic E-state index is 0.680. The molecule has 0 heterocycles. The first-order valence-corrected chi connectivity index (χ1v) is 4.74. The van der Waals surface area contributed by atoms with Crippen molar-refractivity contribution in [3.05, 3.63) is 40.4 Å². The van der Waals surface area contributed by atoms with E-state index >= 15 is 0 Å². The molecule has 1 rings (SSSR count). The van der Waals surface area contributed by atoms with Crippen LogP contribution >= 0.6 is 11.6 Å². The fourth-order valence-electron chi connectivity index (χ4n) is 1.10. The van der Waals surface area contributed by atoms with Crippen LogP contribution in [-0.2, 0) is 0 Å². The molecule has 1 nitrogen and oxygen atoms in total. The van der Waals surface area contributed by atoms with Gasteiger partial charge < -0.3 is 5.73 Å². The zero-order chi connectivity index (χ0) is 9.68. The SMILES string of the molecule is Cc1ccc(Cl)c(C=CCCN)c1. The summed E-state index contributed by atoms with van der Waals surface area (Å²) in [6, 6.07) is 5.98. The number of benzene rings is 1. The van der Waals surface area contributed by atoms with Gasteiger partial charge in [0.2, 0.25) is 0 Å². The summed E-state index contributed by atoms with van der Waals surface area (Å²) < 4.78 is 0. The molecule has 0 fully saturated rings.